The Balaban J connectivity index is 1.29. The van der Waals surface area contributed by atoms with E-state index < -0.39 is 0 Å². The fraction of sp³-hybridized carbons (Fsp3) is 0.381. The van der Waals surface area contributed by atoms with E-state index in [1.807, 2.05) is 24.3 Å². The first kappa shape index (κ1) is 19.8. The van der Waals surface area contributed by atoms with E-state index in [9.17, 15) is 4.79 Å². The Labute approximate surface area is 174 Å². The fourth-order valence-corrected chi connectivity index (χ4v) is 3.57. The van der Waals surface area contributed by atoms with E-state index in [2.05, 4.69) is 30.3 Å². The molecule has 3 heterocycles. The van der Waals surface area contributed by atoms with E-state index in [1.54, 1.807) is 25.7 Å². The molecule has 3 aromatic rings. The zero-order valence-electron chi connectivity index (χ0n) is 16.8. The maximum Gasteiger partial charge on any atom is 0.227 e. The van der Waals surface area contributed by atoms with Crippen molar-refractivity contribution in [3.8, 4) is 17.1 Å². The molecule has 1 aromatic carbocycles. The summed E-state index contributed by atoms with van der Waals surface area (Å²) in [7, 11) is 1.60. The zero-order chi connectivity index (χ0) is 20.8. The monoisotopic (exact) mass is 408 g/mol. The zero-order valence-corrected chi connectivity index (χ0v) is 16.8. The fourth-order valence-electron chi connectivity index (χ4n) is 3.57. The van der Waals surface area contributed by atoms with Gasteiger partial charge in [-0.25, -0.2) is 4.98 Å². The van der Waals surface area contributed by atoms with Crippen molar-refractivity contribution in [2.45, 2.75) is 31.7 Å². The third-order valence-corrected chi connectivity index (χ3v) is 5.04. The van der Waals surface area contributed by atoms with Crippen molar-refractivity contribution in [1.29, 1.82) is 0 Å². The Morgan fingerprint density at radius 1 is 1.33 bits per heavy atom. The smallest absolute Gasteiger partial charge is 0.227 e. The lowest BCUT2D eigenvalue weighted by atomic mass is 10.1. The average Bonchev–Trinajstić information content (AvgIpc) is 3.27. The quantitative estimate of drug-likeness (QED) is 0.634. The van der Waals surface area contributed by atoms with Gasteiger partial charge in [-0.1, -0.05) is 17.3 Å². The van der Waals surface area contributed by atoms with Crippen LogP contribution in [0.4, 0.5) is 5.82 Å². The van der Waals surface area contributed by atoms with Gasteiger partial charge in [0, 0.05) is 44.4 Å². The van der Waals surface area contributed by atoms with Gasteiger partial charge in [-0.05, 0) is 25.0 Å². The number of amides is 1. The van der Waals surface area contributed by atoms with Gasteiger partial charge in [0.2, 0.25) is 17.6 Å². The molecule has 0 aliphatic carbocycles. The molecule has 1 fully saturated rings. The number of nitrogens with one attached hydrogen (secondary N) is 1. The molecule has 1 N–H and O–H groups in total. The number of rotatable bonds is 7. The van der Waals surface area contributed by atoms with Crippen LogP contribution in [0.1, 0.15) is 25.2 Å². The third-order valence-electron chi connectivity index (χ3n) is 5.04. The molecule has 1 amide bonds. The second-order valence-corrected chi connectivity index (χ2v) is 7.13. The van der Waals surface area contributed by atoms with Crippen LogP contribution in [0.15, 0.2) is 47.4 Å². The third kappa shape index (κ3) is 4.73. The summed E-state index contributed by atoms with van der Waals surface area (Å²) in [6.07, 6.45) is 7.70. The number of methoxy groups -OCH3 is 1. The van der Waals surface area contributed by atoms with Gasteiger partial charge in [0.15, 0.2) is 0 Å². The summed E-state index contributed by atoms with van der Waals surface area (Å²) in [5.41, 5.74) is 0.755. The number of piperidine rings is 1. The van der Waals surface area contributed by atoms with Crippen molar-refractivity contribution in [3.63, 3.8) is 0 Å². The molecule has 1 saturated heterocycles. The van der Waals surface area contributed by atoms with Gasteiger partial charge in [-0.2, -0.15) is 4.98 Å². The van der Waals surface area contributed by atoms with Gasteiger partial charge in [-0.15, -0.1) is 0 Å². The van der Waals surface area contributed by atoms with Crippen LogP contribution < -0.4 is 15.0 Å². The highest BCUT2D eigenvalue weighted by Crippen LogP contribution is 2.27. The van der Waals surface area contributed by atoms with Crippen molar-refractivity contribution >= 4 is 11.7 Å². The molecule has 0 spiro atoms. The SMILES string of the molecule is COc1ccccc1-c1noc(CCC(=O)N[C@@H]2CCCN(c3cnccn3)C2)n1. The number of nitrogens with zero attached hydrogens (tertiary/aromatic N) is 5. The Morgan fingerprint density at radius 3 is 3.07 bits per heavy atom. The van der Waals surface area contributed by atoms with E-state index in [-0.39, 0.29) is 18.4 Å². The Morgan fingerprint density at radius 2 is 2.23 bits per heavy atom. The van der Waals surface area contributed by atoms with E-state index in [0.717, 1.165) is 37.3 Å². The molecule has 1 aliphatic rings. The largest absolute Gasteiger partial charge is 0.496 e. The van der Waals surface area contributed by atoms with Gasteiger partial charge in [0.05, 0.1) is 18.9 Å². The number of carbonyl (C=O) groups excluding carboxylic acids is 1. The normalized spacial score (nSPS) is 16.3. The molecule has 30 heavy (non-hydrogen) atoms. The lowest BCUT2D eigenvalue weighted by molar-refractivity contribution is -0.121. The minimum Gasteiger partial charge on any atom is -0.496 e. The number of hydrogen-bond acceptors (Lipinski definition) is 8. The molecule has 0 bridgehead atoms. The summed E-state index contributed by atoms with van der Waals surface area (Å²) in [4.78, 5) is 27.5. The van der Waals surface area contributed by atoms with E-state index >= 15 is 0 Å². The number of benzene rings is 1. The number of para-hydroxylation sites is 1. The maximum atomic E-state index is 12.4. The minimum atomic E-state index is -0.0296. The van der Waals surface area contributed by atoms with Crippen LogP contribution in [0.3, 0.4) is 0 Å². The molecular formula is C21H24N6O3. The maximum absolute atomic E-state index is 12.4. The van der Waals surface area contributed by atoms with Gasteiger partial charge in [-0.3, -0.25) is 9.78 Å². The van der Waals surface area contributed by atoms with Crippen LogP contribution in [-0.2, 0) is 11.2 Å². The molecule has 156 valence electrons. The second-order valence-electron chi connectivity index (χ2n) is 7.13. The van der Waals surface area contributed by atoms with E-state index in [4.69, 9.17) is 9.26 Å². The van der Waals surface area contributed by atoms with E-state index in [1.165, 1.54) is 0 Å². The summed E-state index contributed by atoms with van der Waals surface area (Å²) in [6.45, 7) is 1.64. The number of hydrogen-bond donors (Lipinski definition) is 1. The van der Waals surface area contributed by atoms with Gasteiger partial charge < -0.3 is 19.5 Å². The summed E-state index contributed by atoms with van der Waals surface area (Å²) >= 11 is 0. The summed E-state index contributed by atoms with van der Waals surface area (Å²) in [5, 5.41) is 7.12. The Bertz CT molecular complexity index is 978. The molecule has 9 nitrogen and oxygen atoms in total. The van der Waals surface area contributed by atoms with Crippen molar-refractivity contribution in [1.82, 2.24) is 25.4 Å². The second kappa shape index (κ2) is 9.34. The Hall–Kier alpha value is -3.49. The van der Waals surface area contributed by atoms with Crippen LogP contribution >= 0.6 is 0 Å². The van der Waals surface area contributed by atoms with Crippen LogP contribution in [0, 0.1) is 0 Å². The topological polar surface area (TPSA) is 106 Å². The average molecular weight is 408 g/mol. The lowest BCUT2D eigenvalue weighted by Gasteiger charge is -2.33. The van der Waals surface area contributed by atoms with Crippen LogP contribution in [0.25, 0.3) is 11.4 Å². The van der Waals surface area contributed by atoms with Crippen molar-refractivity contribution in [3.05, 3.63) is 48.7 Å². The van der Waals surface area contributed by atoms with Gasteiger partial charge >= 0.3 is 0 Å². The highest BCUT2D eigenvalue weighted by atomic mass is 16.5. The summed E-state index contributed by atoms with van der Waals surface area (Å²) < 4.78 is 10.6. The van der Waals surface area contributed by atoms with Crippen LogP contribution in [0.5, 0.6) is 5.75 Å². The molecule has 9 heteroatoms. The molecule has 0 saturated carbocycles. The predicted octanol–water partition coefficient (Wildman–Crippen LogP) is 2.25. The number of aryl methyl sites for hydroxylation is 1. The number of aromatic nitrogens is 4. The van der Waals surface area contributed by atoms with Crippen molar-refractivity contribution < 1.29 is 14.1 Å². The van der Waals surface area contributed by atoms with Crippen LogP contribution in [0.2, 0.25) is 0 Å². The molecule has 1 aliphatic heterocycles. The van der Waals surface area contributed by atoms with E-state index in [0.29, 0.717) is 23.9 Å². The molecule has 0 unspecified atom stereocenters. The standard InChI is InChI=1S/C21H24N6O3/c1-29-17-7-3-2-6-16(17)21-25-20(30-26-21)9-8-19(28)24-15-5-4-12-27(14-15)18-13-22-10-11-23-18/h2-3,6-7,10-11,13,15H,4-5,8-9,12,14H2,1H3,(H,24,28)/t15-/m1/s1. The van der Waals surface area contributed by atoms with Crippen molar-refractivity contribution in [2.24, 2.45) is 0 Å². The summed E-state index contributed by atoms with van der Waals surface area (Å²) in [6, 6.07) is 7.56. The van der Waals surface area contributed by atoms with Crippen molar-refractivity contribution in [2.75, 3.05) is 25.1 Å². The highest BCUT2D eigenvalue weighted by Gasteiger charge is 2.22. The minimum absolute atomic E-state index is 0.0296. The highest BCUT2D eigenvalue weighted by molar-refractivity contribution is 5.76. The van der Waals surface area contributed by atoms with Gasteiger partial charge in [0.1, 0.15) is 11.6 Å². The van der Waals surface area contributed by atoms with Crippen LogP contribution in [-0.4, -0.2) is 52.3 Å². The molecule has 0 radical (unpaired) electrons. The molecule has 1 atom stereocenters. The predicted molar refractivity (Wildman–Crippen MR) is 110 cm³/mol. The first-order valence-corrected chi connectivity index (χ1v) is 9.99. The lowest BCUT2D eigenvalue weighted by Crippen LogP contribution is -2.48. The molecule has 2 aromatic heterocycles. The molecule has 4 rings (SSSR count). The Kier molecular flexibility index (Phi) is 6.17. The first-order valence-electron chi connectivity index (χ1n) is 9.99. The molecular weight excluding hydrogens is 384 g/mol. The number of ether oxygens (including phenoxy) is 1. The number of anilines is 1. The summed E-state index contributed by atoms with van der Waals surface area (Å²) in [5.74, 6) is 2.36. The number of carbonyl (C=O) groups is 1. The van der Waals surface area contributed by atoms with Gasteiger partial charge in [0.25, 0.3) is 0 Å². The first-order chi connectivity index (χ1) is 14.7.